The molecule has 0 amide bonds. The standard InChI is InChI=1S/C55H47NS/c1-6-16-39(17-7-2)42-30-32-46-47-33-31-43(35-52(47)55(51(46)34-42)49-21-14-12-18-44(49)45-19-13-15-22-50(45)55)41-28-26-40(27-29-41)38(8-3)25-24-36(4)56-54-37(5)57-53-23-11-9-10-20-48(53)54/h6,8,10-35H,7,9H2,1-5H3/b16-6-,25-24-,38-8+,39-17+,56-36+. The van der Waals surface area contributed by atoms with E-state index in [4.69, 9.17) is 4.99 Å². The molecule has 6 aromatic rings. The number of aliphatic imine (C=N–C) groups is 1. The molecule has 1 nitrogen and oxygen atoms in total. The van der Waals surface area contributed by atoms with Crippen LogP contribution in [0, 0.1) is 6.92 Å². The van der Waals surface area contributed by atoms with Crippen molar-refractivity contribution in [1.29, 1.82) is 0 Å². The van der Waals surface area contributed by atoms with Crippen LogP contribution in [0.1, 0.15) is 89.2 Å². The highest BCUT2D eigenvalue weighted by Crippen LogP contribution is 2.63. The second-order valence-corrected chi connectivity index (χ2v) is 16.4. The summed E-state index contributed by atoms with van der Waals surface area (Å²) in [5.74, 6) is 0. The maximum absolute atomic E-state index is 5.08. The van der Waals surface area contributed by atoms with Crippen LogP contribution in [0.25, 0.3) is 56.7 Å². The molecule has 1 heterocycles. The van der Waals surface area contributed by atoms with Crippen LogP contribution in [0.2, 0.25) is 0 Å². The van der Waals surface area contributed by atoms with Crippen LogP contribution >= 0.6 is 11.3 Å². The lowest BCUT2D eigenvalue weighted by Crippen LogP contribution is -2.26. The van der Waals surface area contributed by atoms with Crippen LogP contribution in [-0.4, -0.2) is 5.71 Å². The molecule has 0 unspecified atom stereocenters. The zero-order valence-electron chi connectivity index (χ0n) is 33.4. The number of thiophene rings is 1. The van der Waals surface area contributed by atoms with Crippen molar-refractivity contribution in [1.82, 2.24) is 0 Å². The Labute approximate surface area is 342 Å². The fraction of sp³-hybridized carbons (Fsp3) is 0.145. The lowest BCUT2D eigenvalue weighted by atomic mass is 9.70. The van der Waals surface area contributed by atoms with Crippen molar-refractivity contribution in [3.63, 3.8) is 0 Å². The van der Waals surface area contributed by atoms with E-state index in [0.717, 1.165) is 24.2 Å². The summed E-state index contributed by atoms with van der Waals surface area (Å²) in [6.07, 6.45) is 24.1. The minimum atomic E-state index is -0.410. The van der Waals surface area contributed by atoms with E-state index in [2.05, 4.69) is 205 Å². The Morgan fingerprint density at radius 2 is 1.30 bits per heavy atom. The molecule has 3 aliphatic carbocycles. The Morgan fingerprint density at radius 1 is 0.667 bits per heavy atom. The van der Waals surface area contributed by atoms with Crippen molar-refractivity contribution in [3.05, 3.63) is 207 Å². The average Bonchev–Trinajstić information content (AvgIpc) is 3.73. The summed E-state index contributed by atoms with van der Waals surface area (Å²) in [6, 6.07) is 41.5. The number of hydrogen-bond donors (Lipinski definition) is 0. The Balaban J connectivity index is 1.10. The average molecular weight is 754 g/mol. The maximum atomic E-state index is 5.08. The molecular formula is C55H47NS. The molecule has 0 saturated heterocycles. The molecular weight excluding hydrogens is 707 g/mol. The normalized spacial score (nSPS) is 15.3. The van der Waals surface area contributed by atoms with Crippen molar-refractivity contribution < 1.29 is 0 Å². The first-order valence-corrected chi connectivity index (χ1v) is 21.1. The lowest BCUT2D eigenvalue weighted by Gasteiger charge is -2.31. The first-order chi connectivity index (χ1) is 28.0. The van der Waals surface area contributed by atoms with Crippen molar-refractivity contribution in [3.8, 4) is 33.4 Å². The molecule has 0 atom stereocenters. The molecule has 0 bridgehead atoms. The van der Waals surface area contributed by atoms with Crippen molar-refractivity contribution in [2.24, 2.45) is 4.99 Å². The van der Waals surface area contributed by atoms with Crippen LogP contribution in [0.4, 0.5) is 5.69 Å². The summed E-state index contributed by atoms with van der Waals surface area (Å²) >= 11 is 1.82. The van der Waals surface area contributed by atoms with E-state index in [-0.39, 0.29) is 0 Å². The number of aryl methyl sites for hydroxylation is 1. The number of nitrogens with zero attached hydrogens (tertiary/aromatic N) is 1. The number of benzene rings is 5. The van der Waals surface area contributed by atoms with Gasteiger partial charge in [0.2, 0.25) is 0 Å². The van der Waals surface area contributed by atoms with Crippen LogP contribution in [0.5, 0.6) is 0 Å². The van der Waals surface area contributed by atoms with Gasteiger partial charge in [-0.1, -0.05) is 153 Å². The van der Waals surface area contributed by atoms with Crippen LogP contribution in [0.15, 0.2) is 163 Å². The molecule has 5 aromatic carbocycles. The van der Waals surface area contributed by atoms with Crippen LogP contribution in [0.3, 0.4) is 0 Å². The number of rotatable bonds is 8. The first kappa shape index (κ1) is 36.5. The molecule has 2 heteroatoms. The zero-order valence-corrected chi connectivity index (χ0v) is 34.3. The van der Waals surface area contributed by atoms with Gasteiger partial charge < -0.3 is 0 Å². The topological polar surface area (TPSA) is 12.4 Å². The van der Waals surface area contributed by atoms with E-state index in [1.165, 1.54) is 93.2 Å². The van der Waals surface area contributed by atoms with Crippen LogP contribution < -0.4 is 0 Å². The Kier molecular flexibility index (Phi) is 9.68. The smallest absolute Gasteiger partial charge is 0.0847 e. The molecule has 0 saturated carbocycles. The van der Waals surface area contributed by atoms with Gasteiger partial charge in [0.25, 0.3) is 0 Å². The van der Waals surface area contributed by atoms with E-state index in [1.807, 2.05) is 11.3 Å². The van der Waals surface area contributed by atoms with Gasteiger partial charge in [-0.15, -0.1) is 11.3 Å². The highest BCUT2D eigenvalue weighted by molar-refractivity contribution is 7.13. The Hall–Kier alpha value is -6.09. The lowest BCUT2D eigenvalue weighted by molar-refractivity contribution is 0.793. The molecule has 3 aliphatic rings. The van der Waals surface area contributed by atoms with Gasteiger partial charge in [-0.2, -0.15) is 0 Å². The summed E-state index contributed by atoms with van der Waals surface area (Å²) in [7, 11) is 0. The monoisotopic (exact) mass is 753 g/mol. The quantitative estimate of drug-likeness (QED) is 0.108. The minimum absolute atomic E-state index is 0.410. The van der Waals surface area contributed by atoms with Crippen molar-refractivity contribution in [2.75, 3.05) is 0 Å². The van der Waals surface area contributed by atoms with Gasteiger partial charge in [0.15, 0.2) is 0 Å². The van der Waals surface area contributed by atoms with E-state index >= 15 is 0 Å². The summed E-state index contributed by atoms with van der Waals surface area (Å²) in [4.78, 5) is 7.62. The molecule has 0 fully saturated rings. The number of allylic oxidation sites excluding steroid dienone is 10. The highest BCUT2D eigenvalue weighted by atomic mass is 32.1. The molecule has 0 aliphatic heterocycles. The van der Waals surface area contributed by atoms with Crippen molar-refractivity contribution >= 4 is 46.0 Å². The Morgan fingerprint density at radius 3 is 2.00 bits per heavy atom. The Bertz CT molecular complexity index is 2720. The maximum Gasteiger partial charge on any atom is 0.0847 e. The summed E-state index contributed by atoms with van der Waals surface area (Å²) < 4.78 is 0. The number of fused-ring (bicyclic) bond motifs is 11. The van der Waals surface area contributed by atoms with Gasteiger partial charge in [0, 0.05) is 21.0 Å². The molecule has 57 heavy (non-hydrogen) atoms. The summed E-state index contributed by atoms with van der Waals surface area (Å²) in [5.41, 5.74) is 21.0. The fourth-order valence-corrected chi connectivity index (χ4v) is 10.3. The third-order valence-electron chi connectivity index (χ3n) is 11.8. The van der Waals surface area contributed by atoms with Gasteiger partial charge in [-0.05, 0) is 143 Å². The van der Waals surface area contributed by atoms with Gasteiger partial charge >= 0.3 is 0 Å². The van der Waals surface area contributed by atoms with Crippen molar-refractivity contribution in [2.45, 2.75) is 52.9 Å². The SMILES string of the molecule is C/C=C\C(=C/CC)c1ccc2c(c1)C1(c3ccccc3-c3ccccc31)c1cc(-c3ccc(C(/C=C\C(C)=N\c4c(C)sc5c4C=CCC=C5)=C/C)cc3)ccc1-2. The zero-order chi connectivity index (χ0) is 39.1. The molecule has 1 spiro atoms. The van der Waals surface area contributed by atoms with E-state index in [9.17, 15) is 0 Å². The van der Waals surface area contributed by atoms with Gasteiger partial charge in [0.1, 0.15) is 0 Å². The number of hydrogen-bond acceptors (Lipinski definition) is 2. The highest BCUT2D eigenvalue weighted by Gasteiger charge is 2.51. The predicted octanol–water partition coefficient (Wildman–Crippen LogP) is 15.6. The van der Waals surface area contributed by atoms with E-state index in [0.29, 0.717) is 0 Å². The molecule has 0 N–H and O–H groups in total. The largest absolute Gasteiger partial charge is 0.252 e. The van der Waals surface area contributed by atoms with E-state index in [1.54, 1.807) is 0 Å². The van der Waals surface area contributed by atoms with Crippen LogP contribution in [-0.2, 0) is 5.41 Å². The molecule has 278 valence electrons. The van der Waals surface area contributed by atoms with Gasteiger partial charge in [-0.3, -0.25) is 4.99 Å². The summed E-state index contributed by atoms with van der Waals surface area (Å²) in [5, 5.41) is 0. The predicted molar refractivity (Wildman–Crippen MR) is 249 cm³/mol. The first-order valence-electron chi connectivity index (χ1n) is 20.2. The second kappa shape index (κ2) is 15.1. The minimum Gasteiger partial charge on any atom is -0.252 e. The summed E-state index contributed by atoms with van der Waals surface area (Å²) in [6.45, 7) is 10.7. The fourth-order valence-electron chi connectivity index (χ4n) is 9.26. The third kappa shape index (κ3) is 6.11. The van der Waals surface area contributed by atoms with Gasteiger partial charge in [-0.25, -0.2) is 0 Å². The second-order valence-electron chi connectivity index (χ2n) is 15.2. The van der Waals surface area contributed by atoms with Gasteiger partial charge in [0.05, 0.1) is 11.1 Å². The van der Waals surface area contributed by atoms with E-state index < -0.39 is 5.41 Å². The third-order valence-corrected chi connectivity index (χ3v) is 12.9. The molecule has 0 radical (unpaired) electrons. The molecule has 9 rings (SSSR count). The molecule has 1 aromatic heterocycles.